The summed E-state index contributed by atoms with van der Waals surface area (Å²) in [5.74, 6) is 0. The Morgan fingerprint density at radius 2 is 1.86 bits per heavy atom. The Labute approximate surface area is 132 Å². The second-order valence-corrected chi connectivity index (χ2v) is 7.63. The summed E-state index contributed by atoms with van der Waals surface area (Å²) in [7, 11) is -3.70. The molecule has 0 aliphatic carbocycles. The number of benzene rings is 1. The van der Waals surface area contributed by atoms with Crippen molar-refractivity contribution in [2.75, 3.05) is 32.7 Å². The van der Waals surface area contributed by atoms with Crippen LogP contribution in [0.5, 0.6) is 0 Å². The molecule has 1 aromatic rings. The monoisotopic (exact) mass is 328 g/mol. The molecule has 7 heteroatoms. The van der Waals surface area contributed by atoms with Crippen LogP contribution in [-0.4, -0.2) is 72.3 Å². The quantitative estimate of drug-likeness (QED) is 0.775. The minimum absolute atomic E-state index is 0.0883. The van der Waals surface area contributed by atoms with Gasteiger partial charge in [0.25, 0.3) is 0 Å². The van der Waals surface area contributed by atoms with Crippen LogP contribution in [0.3, 0.4) is 0 Å². The highest BCUT2D eigenvalue weighted by Crippen LogP contribution is 2.28. The zero-order valence-electron chi connectivity index (χ0n) is 13.0. The average molecular weight is 328 g/mol. The van der Waals surface area contributed by atoms with Crippen molar-refractivity contribution in [3.8, 4) is 0 Å². The minimum atomic E-state index is -3.70. The number of rotatable bonds is 6. The molecular formula is C15H24N2O4S. The molecule has 6 nitrogen and oxygen atoms in total. The van der Waals surface area contributed by atoms with E-state index in [0.717, 1.165) is 17.4 Å². The van der Waals surface area contributed by atoms with Crippen LogP contribution in [-0.2, 0) is 10.0 Å². The summed E-state index contributed by atoms with van der Waals surface area (Å²) in [6.07, 6.45) is -1.09. The Kier molecular flexibility index (Phi) is 5.24. The summed E-state index contributed by atoms with van der Waals surface area (Å²) in [6.45, 7) is 5.46. The van der Waals surface area contributed by atoms with Crippen LogP contribution < -0.4 is 0 Å². The summed E-state index contributed by atoms with van der Waals surface area (Å²) in [6, 6.07) is 8.09. The molecule has 22 heavy (non-hydrogen) atoms. The zero-order chi connectivity index (χ0) is 16.4. The van der Waals surface area contributed by atoms with Gasteiger partial charge in [-0.1, -0.05) is 32.0 Å². The van der Waals surface area contributed by atoms with Gasteiger partial charge < -0.3 is 15.1 Å². The summed E-state index contributed by atoms with van der Waals surface area (Å²) in [5.41, 5.74) is -1.44. The summed E-state index contributed by atoms with van der Waals surface area (Å²) < 4.78 is 26.3. The van der Waals surface area contributed by atoms with Crippen molar-refractivity contribution in [3.63, 3.8) is 0 Å². The first-order chi connectivity index (χ1) is 10.3. The standard InChI is InChI=1S/C15H24N2O4S/c1-3-16(4-2)11-15(19)12-17(10-14(15)18)22(20,21)13-8-6-5-7-9-13/h5-9,14,18-19H,3-4,10-12H2,1-2H3/t14-,15+/m1/s1. The van der Waals surface area contributed by atoms with Crippen molar-refractivity contribution in [1.29, 1.82) is 0 Å². The Morgan fingerprint density at radius 1 is 1.27 bits per heavy atom. The number of hydrogen-bond acceptors (Lipinski definition) is 5. The van der Waals surface area contributed by atoms with Crippen molar-refractivity contribution < 1.29 is 18.6 Å². The van der Waals surface area contributed by atoms with Crippen LogP contribution in [0, 0.1) is 0 Å². The number of β-amino-alcohol motifs (C(OH)–C–C–N with tert-alkyl or cyclic N) is 2. The van der Waals surface area contributed by atoms with Crippen molar-refractivity contribution in [3.05, 3.63) is 30.3 Å². The second kappa shape index (κ2) is 6.64. The summed E-state index contributed by atoms with van der Waals surface area (Å²) >= 11 is 0. The number of likely N-dealkylation sites (N-methyl/N-ethyl adjacent to an activating group) is 1. The predicted molar refractivity (Wildman–Crippen MR) is 83.9 cm³/mol. The molecule has 1 fully saturated rings. The highest BCUT2D eigenvalue weighted by molar-refractivity contribution is 7.89. The summed E-state index contributed by atoms with van der Waals surface area (Å²) in [5, 5.41) is 20.9. The Morgan fingerprint density at radius 3 is 2.41 bits per heavy atom. The molecule has 0 radical (unpaired) electrons. The van der Waals surface area contributed by atoms with Gasteiger partial charge >= 0.3 is 0 Å². The molecule has 124 valence electrons. The molecule has 0 amide bonds. The van der Waals surface area contributed by atoms with Gasteiger partial charge in [-0.25, -0.2) is 8.42 Å². The van der Waals surface area contributed by atoms with Crippen LogP contribution >= 0.6 is 0 Å². The third kappa shape index (κ3) is 3.33. The molecule has 2 N–H and O–H groups in total. The molecule has 0 bridgehead atoms. The number of aliphatic hydroxyl groups is 2. The maximum absolute atomic E-state index is 12.6. The third-order valence-corrected chi connectivity index (χ3v) is 6.05. The number of hydrogen-bond donors (Lipinski definition) is 2. The second-order valence-electron chi connectivity index (χ2n) is 5.69. The van der Waals surface area contributed by atoms with Gasteiger partial charge in [0.05, 0.1) is 11.0 Å². The van der Waals surface area contributed by atoms with Gasteiger partial charge in [-0.3, -0.25) is 0 Å². The maximum Gasteiger partial charge on any atom is 0.243 e. The van der Waals surface area contributed by atoms with Gasteiger partial charge in [0, 0.05) is 19.6 Å². The molecule has 0 spiro atoms. The molecule has 1 saturated heterocycles. The van der Waals surface area contributed by atoms with E-state index in [-0.39, 0.29) is 24.5 Å². The number of nitrogens with zero attached hydrogens (tertiary/aromatic N) is 2. The lowest BCUT2D eigenvalue weighted by molar-refractivity contribution is -0.0595. The fourth-order valence-corrected chi connectivity index (χ4v) is 4.28. The molecular weight excluding hydrogens is 304 g/mol. The Balaban J connectivity index is 2.20. The molecule has 0 aromatic heterocycles. The predicted octanol–water partition coefficient (Wildman–Crippen LogP) is 0.125. The van der Waals surface area contributed by atoms with Crippen molar-refractivity contribution in [2.45, 2.75) is 30.4 Å². The molecule has 1 aliphatic rings. The van der Waals surface area contributed by atoms with Crippen LogP contribution in [0.2, 0.25) is 0 Å². The first-order valence-electron chi connectivity index (χ1n) is 7.51. The Bertz CT molecular complexity index is 589. The van der Waals surface area contributed by atoms with Crippen molar-refractivity contribution in [1.82, 2.24) is 9.21 Å². The van der Waals surface area contributed by atoms with Crippen LogP contribution in [0.1, 0.15) is 13.8 Å². The van der Waals surface area contributed by atoms with E-state index in [1.54, 1.807) is 18.2 Å². The molecule has 1 aromatic carbocycles. The lowest BCUT2D eigenvalue weighted by Gasteiger charge is -2.31. The van der Waals surface area contributed by atoms with Gasteiger partial charge in [-0.2, -0.15) is 4.31 Å². The molecule has 1 heterocycles. The average Bonchev–Trinajstić information content (AvgIpc) is 2.82. The minimum Gasteiger partial charge on any atom is -0.389 e. The van der Waals surface area contributed by atoms with Crippen molar-refractivity contribution in [2.24, 2.45) is 0 Å². The number of sulfonamides is 1. The fourth-order valence-electron chi connectivity index (χ4n) is 2.75. The van der Waals surface area contributed by atoms with E-state index >= 15 is 0 Å². The first kappa shape index (κ1) is 17.4. The zero-order valence-corrected chi connectivity index (χ0v) is 13.8. The lowest BCUT2D eigenvalue weighted by atomic mass is 10.00. The first-order valence-corrected chi connectivity index (χ1v) is 8.95. The van der Waals surface area contributed by atoms with E-state index in [1.807, 2.05) is 18.7 Å². The molecule has 0 unspecified atom stereocenters. The third-order valence-electron chi connectivity index (χ3n) is 4.22. The largest absolute Gasteiger partial charge is 0.389 e. The Hall–Kier alpha value is -0.990. The van der Waals surface area contributed by atoms with Crippen LogP contribution in [0.4, 0.5) is 0 Å². The summed E-state index contributed by atoms with van der Waals surface area (Å²) in [4.78, 5) is 2.15. The van der Waals surface area contributed by atoms with Crippen molar-refractivity contribution >= 4 is 10.0 Å². The maximum atomic E-state index is 12.6. The van der Waals surface area contributed by atoms with E-state index in [1.165, 1.54) is 12.1 Å². The van der Waals surface area contributed by atoms with E-state index in [2.05, 4.69) is 0 Å². The van der Waals surface area contributed by atoms with E-state index < -0.39 is 21.7 Å². The van der Waals surface area contributed by atoms with E-state index in [4.69, 9.17) is 0 Å². The molecule has 1 aliphatic heterocycles. The highest BCUT2D eigenvalue weighted by atomic mass is 32.2. The topological polar surface area (TPSA) is 81.1 Å². The van der Waals surface area contributed by atoms with Gasteiger partial charge in [-0.05, 0) is 25.2 Å². The fraction of sp³-hybridized carbons (Fsp3) is 0.600. The normalized spacial score (nSPS) is 26.7. The van der Waals surface area contributed by atoms with Crippen LogP contribution in [0.15, 0.2) is 35.2 Å². The van der Waals surface area contributed by atoms with E-state index in [0.29, 0.717) is 0 Å². The highest BCUT2D eigenvalue weighted by Gasteiger charge is 2.49. The van der Waals surface area contributed by atoms with Gasteiger partial charge in [0.2, 0.25) is 10.0 Å². The van der Waals surface area contributed by atoms with Gasteiger partial charge in [-0.15, -0.1) is 0 Å². The molecule has 2 rings (SSSR count). The van der Waals surface area contributed by atoms with Gasteiger partial charge in [0.15, 0.2) is 0 Å². The van der Waals surface area contributed by atoms with Gasteiger partial charge in [0.1, 0.15) is 5.60 Å². The molecule has 0 saturated carbocycles. The smallest absolute Gasteiger partial charge is 0.243 e. The van der Waals surface area contributed by atoms with E-state index in [9.17, 15) is 18.6 Å². The molecule has 2 atom stereocenters. The SMILES string of the molecule is CCN(CC)C[C@]1(O)CN(S(=O)(=O)c2ccccc2)C[C@H]1O. The van der Waals surface area contributed by atoms with Crippen LogP contribution in [0.25, 0.3) is 0 Å². The lowest BCUT2D eigenvalue weighted by Crippen LogP contribution is -2.51. The number of aliphatic hydroxyl groups excluding tert-OH is 1.